The third-order valence-corrected chi connectivity index (χ3v) is 4.09. The molecule has 0 saturated carbocycles. The SMILES string of the molecule is Cl.NCCC(COCc1cc(C(F)(F)F)cc(C(F)(F)F)c1)c1ccc(F)cc1. The van der Waals surface area contributed by atoms with E-state index < -0.39 is 35.9 Å². The van der Waals surface area contributed by atoms with E-state index in [4.69, 9.17) is 10.5 Å². The number of ether oxygens (including phenoxy) is 1. The molecule has 1 unspecified atom stereocenters. The van der Waals surface area contributed by atoms with Crippen LogP contribution in [-0.4, -0.2) is 13.2 Å². The molecule has 1 atom stereocenters. The molecule has 0 amide bonds. The van der Waals surface area contributed by atoms with E-state index in [0.717, 1.165) is 0 Å². The van der Waals surface area contributed by atoms with Crippen LogP contribution in [0.3, 0.4) is 0 Å². The molecule has 0 aromatic heterocycles. The van der Waals surface area contributed by atoms with E-state index in [1.807, 2.05) is 0 Å². The van der Waals surface area contributed by atoms with E-state index in [1.54, 1.807) is 0 Å². The molecule has 0 heterocycles. The minimum Gasteiger partial charge on any atom is -0.376 e. The van der Waals surface area contributed by atoms with Crippen LogP contribution < -0.4 is 5.73 Å². The van der Waals surface area contributed by atoms with Crippen molar-refractivity contribution in [3.8, 4) is 0 Å². The van der Waals surface area contributed by atoms with Gasteiger partial charge in [0.05, 0.1) is 24.3 Å². The Morgan fingerprint density at radius 2 is 1.38 bits per heavy atom. The van der Waals surface area contributed by atoms with E-state index in [2.05, 4.69) is 0 Å². The van der Waals surface area contributed by atoms with Gasteiger partial charge >= 0.3 is 12.4 Å². The largest absolute Gasteiger partial charge is 0.416 e. The first-order chi connectivity index (χ1) is 13.0. The monoisotopic (exact) mass is 445 g/mol. The van der Waals surface area contributed by atoms with Crippen molar-refractivity contribution in [2.45, 2.75) is 31.3 Å². The number of rotatable bonds is 7. The third-order valence-electron chi connectivity index (χ3n) is 4.09. The molecule has 0 aliphatic rings. The molecule has 2 rings (SSSR count). The zero-order chi connectivity index (χ0) is 20.9. The highest BCUT2D eigenvalue weighted by atomic mass is 35.5. The lowest BCUT2D eigenvalue weighted by Gasteiger charge is -2.18. The summed E-state index contributed by atoms with van der Waals surface area (Å²) in [5, 5.41) is 0. The molecule has 2 N–H and O–H groups in total. The Bertz CT molecular complexity index is 743. The second-order valence-electron chi connectivity index (χ2n) is 6.26. The first kappa shape index (κ1) is 25.2. The van der Waals surface area contributed by atoms with Crippen LogP contribution in [0.1, 0.15) is 34.6 Å². The van der Waals surface area contributed by atoms with Gasteiger partial charge < -0.3 is 10.5 Å². The van der Waals surface area contributed by atoms with Crippen molar-refractivity contribution in [1.29, 1.82) is 0 Å². The maximum atomic E-state index is 13.0. The van der Waals surface area contributed by atoms with Gasteiger partial charge in [-0.3, -0.25) is 0 Å². The normalized spacial score (nSPS) is 13.1. The lowest BCUT2D eigenvalue weighted by molar-refractivity contribution is -0.143. The van der Waals surface area contributed by atoms with E-state index >= 15 is 0 Å². The molecule has 0 aliphatic heterocycles. The van der Waals surface area contributed by atoms with Gasteiger partial charge in [0.25, 0.3) is 0 Å². The van der Waals surface area contributed by atoms with Crippen LogP contribution in [0.4, 0.5) is 30.7 Å². The molecule has 2 aromatic rings. The molecular weight excluding hydrogens is 427 g/mol. The van der Waals surface area contributed by atoms with Crippen molar-refractivity contribution in [3.63, 3.8) is 0 Å². The van der Waals surface area contributed by atoms with Crippen LogP contribution in [0.2, 0.25) is 0 Å². The molecular formula is C19H19ClF7NO. The summed E-state index contributed by atoms with van der Waals surface area (Å²) < 4.78 is 95.7. The molecule has 0 radical (unpaired) electrons. The topological polar surface area (TPSA) is 35.2 Å². The van der Waals surface area contributed by atoms with Gasteiger partial charge in [0, 0.05) is 5.92 Å². The summed E-state index contributed by atoms with van der Waals surface area (Å²) in [6.45, 7) is -0.136. The van der Waals surface area contributed by atoms with Crippen LogP contribution in [0, 0.1) is 5.82 Å². The van der Waals surface area contributed by atoms with E-state index in [1.165, 1.54) is 24.3 Å². The summed E-state index contributed by atoms with van der Waals surface area (Å²) in [6.07, 6.45) is -9.36. The molecule has 2 nitrogen and oxygen atoms in total. The Morgan fingerprint density at radius 3 is 1.83 bits per heavy atom. The average Bonchev–Trinajstić information content (AvgIpc) is 2.60. The van der Waals surface area contributed by atoms with E-state index in [0.29, 0.717) is 24.1 Å². The number of hydrogen-bond donors (Lipinski definition) is 1. The number of nitrogens with two attached hydrogens (primary N) is 1. The van der Waals surface area contributed by atoms with Gasteiger partial charge in [-0.1, -0.05) is 12.1 Å². The van der Waals surface area contributed by atoms with Crippen molar-refractivity contribution in [2.24, 2.45) is 5.73 Å². The number of hydrogen-bond acceptors (Lipinski definition) is 2. The molecule has 0 bridgehead atoms. The Kier molecular flexibility index (Phi) is 8.92. The summed E-state index contributed by atoms with van der Waals surface area (Å²) in [6, 6.07) is 6.90. The van der Waals surface area contributed by atoms with Crippen molar-refractivity contribution in [3.05, 3.63) is 70.5 Å². The molecule has 0 spiro atoms. The zero-order valence-corrected chi connectivity index (χ0v) is 15.8. The van der Waals surface area contributed by atoms with Crippen molar-refractivity contribution in [2.75, 3.05) is 13.2 Å². The van der Waals surface area contributed by atoms with Gasteiger partial charge in [-0.2, -0.15) is 26.3 Å². The quantitative estimate of drug-likeness (QED) is 0.536. The fourth-order valence-electron chi connectivity index (χ4n) is 2.70. The van der Waals surface area contributed by atoms with Crippen LogP contribution in [0.15, 0.2) is 42.5 Å². The van der Waals surface area contributed by atoms with Gasteiger partial charge in [0.2, 0.25) is 0 Å². The van der Waals surface area contributed by atoms with Crippen LogP contribution in [-0.2, 0) is 23.7 Å². The second-order valence-corrected chi connectivity index (χ2v) is 6.26. The molecule has 0 aliphatic carbocycles. The summed E-state index contributed by atoms with van der Waals surface area (Å²) >= 11 is 0. The van der Waals surface area contributed by atoms with Crippen molar-refractivity contribution >= 4 is 12.4 Å². The Hall–Kier alpha value is -1.84. The predicted octanol–water partition coefficient (Wildman–Crippen LogP) is 5.93. The van der Waals surface area contributed by atoms with Gasteiger partial charge in [0.1, 0.15) is 5.82 Å². The molecule has 10 heteroatoms. The lowest BCUT2D eigenvalue weighted by atomic mass is 9.96. The summed E-state index contributed by atoms with van der Waals surface area (Å²) in [5.74, 6) is -0.696. The Morgan fingerprint density at radius 1 is 0.862 bits per heavy atom. The average molecular weight is 446 g/mol. The Balaban J connectivity index is 0.00000420. The summed E-state index contributed by atoms with van der Waals surface area (Å²) in [7, 11) is 0. The van der Waals surface area contributed by atoms with Crippen LogP contribution in [0.5, 0.6) is 0 Å². The van der Waals surface area contributed by atoms with Crippen LogP contribution in [0.25, 0.3) is 0 Å². The van der Waals surface area contributed by atoms with Gasteiger partial charge in [-0.05, 0) is 54.4 Å². The third kappa shape index (κ3) is 7.49. The van der Waals surface area contributed by atoms with E-state index in [9.17, 15) is 30.7 Å². The molecule has 0 fully saturated rings. The first-order valence-corrected chi connectivity index (χ1v) is 8.32. The molecule has 162 valence electrons. The summed E-state index contributed by atoms with van der Waals surface area (Å²) in [5.41, 5.74) is 3.23. The smallest absolute Gasteiger partial charge is 0.376 e. The Labute approximate surface area is 169 Å². The number of halogens is 8. The second kappa shape index (κ2) is 10.3. The first-order valence-electron chi connectivity index (χ1n) is 8.32. The fourth-order valence-corrected chi connectivity index (χ4v) is 2.70. The highest BCUT2D eigenvalue weighted by Crippen LogP contribution is 2.36. The maximum absolute atomic E-state index is 13.0. The zero-order valence-electron chi connectivity index (χ0n) is 15.0. The number of benzene rings is 2. The minimum absolute atomic E-state index is 0. The lowest BCUT2D eigenvalue weighted by Crippen LogP contribution is -2.14. The summed E-state index contributed by atoms with van der Waals surface area (Å²) in [4.78, 5) is 0. The maximum Gasteiger partial charge on any atom is 0.416 e. The van der Waals surface area contributed by atoms with Gasteiger partial charge in [0.15, 0.2) is 0 Å². The van der Waals surface area contributed by atoms with Gasteiger partial charge in [-0.25, -0.2) is 4.39 Å². The van der Waals surface area contributed by atoms with Gasteiger partial charge in [-0.15, -0.1) is 12.4 Å². The molecule has 2 aromatic carbocycles. The highest BCUT2D eigenvalue weighted by molar-refractivity contribution is 5.85. The van der Waals surface area contributed by atoms with Crippen LogP contribution >= 0.6 is 12.4 Å². The van der Waals surface area contributed by atoms with Crippen molar-refractivity contribution in [1.82, 2.24) is 0 Å². The minimum atomic E-state index is -4.91. The highest BCUT2D eigenvalue weighted by Gasteiger charge is 2.36. The standard InChI is InChI=1S/C19H18F7NO.ClH/c20-17-3-1-13(2-4-17)14(5-6-27)11-28-10-12-7-15(18(21,22)23)9-16(8-12)19(24,25)26;/h1-4,7-9,14H,5-6,10-11,27H2;1H. The molecule has 29 heavy (non-hydrogen) atoms. The molecule has 0 saturated heterocycles. The predicted molar refractivity (Wildman–Crippen MR) is 96.2 cm³/mol. The van der Waals surface area contributed by atoms with Crippen molar-refractivity contribution < 1.29 is 35.5 Å². The number of alkyl halides is 6. The fraction of sp³-hybridized carbons (Fsp3) is 0.368. The van der Waals surface area contributed by atoms with E-state index in [-0.39, 0.29) is 43.1 Å².